The summed E-state index contributed by atoms with van der Waals surface area (Å²) in [7, 11) is -3.08. The zero-order chi connectivity index (χ0) is 20.5. The van der Waals surface area contributed by atoms with Gasteiger partial charge in [0, 0.05) is 0 Å². The lowest BCUT2D eigenvalue weighted by atomic mass is 10.00. The van der Waals surface area contributed by atoms with E-state index in [2.05, 4.69) is 75.0 Å². The molecule has 0 saturated heterocycles. The molecule has 0 aliphatic carbocycles. The first-order valence-corrected chi connectivity index (χ1v) is 13.7. The van der Waals surface area contributed by atoms with Gasteiger partial charge in [0.05, 0.1) is 28.4 Å². The molecule has 0 fully saturated rings. The van der Waals surface area contributed by atoms with Crippen LogP contribution < -0.4 is 4.72 Å². The number of benzene rings is 2. The monoisotopic (exact) mass is 405 g/mol. The van der Waals surface area contributed by atoms with Crippen LogP contribution in [0.2, 0.25) is 18.1 Å². The van der Waals surface area contributed by atoms with Crippen molar-refractivity contribution < 1.29 is 8.63 Å². The number of nitrogens with one attached hydrogen (secondary N) is 1. The molecule has 27 heavy (non-hydrogen) atoms. The van der Waals surface area contributed by atoms with Gasteiger partial charge >= 0.3 is 0 Å². The zero-order valence-corrected chi connectivity index (χ0v) is 19.9. The van der Waals surface area contributed by atoms with Gasteiger partial charge in [-0.1, -0.05) is 63.2 Å². The van der Waals surface area contributed by atoms with Crippen LogP contribution in [0.25, 0.3) is 10.8 Å². The fourth-order valence-electron chi connectivity index (χ4n) is 2.56. The molecule has 0 saturated carbocycles. The van der Waals surface area contributed by atoms with Gasteiger partial charge in [-0.3, -0.25) is 0 Å². The Morgan fingerprint density at radius 3 is 2.19 bits per heavy atom. The molecule has 150 valence electrons. The Morgan fingerprint density at radius 1 is 1.00 bits per heavy atom. The van der Waals surface area contributed by atoms with Crippen LogP contribution in [0, 0.1) is 0 Å². The highest BCUT2D eigenvalue weighted by atomic mass is 32.2. The van der Waals surface area contributed by atoms with Gasteiger partial charge in [-0.05, 0) is 55.2 Å². The molecule has 0 heterocycles. The lowest BCUT2D eigenvalue weighted by Crippen LogP contribution is -2.44. The van der Waals surface area contributed by atoms with Gasteiger partial charge in [-0.15, -0.1) is 0 Å². The maximum Gasteiger partial charge on any atom is 0.192 e. The predicted molar refractivity (Wildman–Crippen MR) is 121 cm³/mol. The molecular weight excluding hydrogens is 370 g/mol. The van der Waals surface area contributed by atoms with Crippen molar-refractivity contribution in [3.8, 4) is 0 Å². The third-order valence-corrected chi connectivity index (χ3v) is 11.5. The molecule has 1 unspecified atom stereocenters. The average molecular weight is 406 g/mol. The van der Waals surface area contributed by atoms with Crippen molar-refractivity contribution in [1.82, 2.24) is 4.72 Å². The Hall–Kier alpha value is -1.01. The summed E-state index contributed by atoms with van der Waals surface area (Å²) in [4.78, 5) is 0. The quantitative estimate of drug-likeness (QED) is 0.603. The van der Waals surface area contributed by atoms with E-state index >= 15 is 0 Å². The first kappa shape index (κ1) is 22.3. The van der Waals surface area contributed by atoms with E-state index < -0.39 is 19.3 Å². The fraction of sp³-hybridized carbons (Fsp3) is 0.545. The van der Waals surface area contributed by atoms with Crippen molar-refractivity contribution >= 4 is 30.1 Å². The SMILES string of the molecule is CC(C)(C)S(=O)N[C@@H](CO[Si](C)(C)C(C)(C)C)c1cccc2ccccc12. The van der Waals surface area contributed by atoms with E-state index in [0.29, 0.717) is 6.61 Å². The Kier molecular flexibility index (Phi) is 6.73. The van der Waals surface area contributed by atoms with Crippen molar-refractivity contribution in [2.45, 2.75) is 70.5 Å². The fourth-order valence-corrected chi connectivity index (χ4v) is 4.38. The molecule has 0 spiro atoms. The molecule has 1 N–H and O–H groups in total. The van der Waals surface area contributed by atoms with Gasteiger partial charge in [-0.2, -0.15) is 0 Å². The number of rotatable bonds is 6. The summed E-state index contributed by atoms with van der Waals surface area (Å²) in [6.45, 7) is 17.7. The standard InChI is InChI=1S/C22H35NO2SSi/c1-21(2,3)26(24)23-20(16-25-27(7,8)22(4,5)6)19-15-11-13-17-12-9-10-14-18(17)19/h9-15,20,23H,16H2,1-8H3/t20-,26?/m0/s1. The molecule has 5 heteroatoms. The van der Waals surface area contributed by atoms with Crippen LogP contribution in [-0.4, -0.2) is 23.9 Å². The highest BCUT2D eigenvalue weighted by Gasteiger charge is 2.38. The van der Waals surface area contributed by atoms with E-state index in [1.807, 2.05) is 26.8 Å². The van der Waals surface area contributed by atoms with Gasteiger partial charge in [0.25, 0.3) is 0 Å². The second-order valence-electron chi connectivity index (χ2n) is 9.69. The third-order valence-electron chi connectivity index (χ3n) is 5.42. The Balaban J connectivity index is 2.39. The van der Waals surface area contributed by atoms with E-state index in [-0.39, 0.29) is 15.8 Å². The molecule has 0 aliphatic rings. The van der Waals surface area contributed by atoms with Crippen molar-refractivity contribution in [2.24, 2.45) is 0 Å². The molecule has 0 amide bonds. The normalized spacial score (nSPS) is 15.7. The van der Waals surface area contributed by atoms with E-state index in [9.17, 15) is 4.21 Å². The third kappa shape index (κ3) is 5.50. The molecule has 2 rings (SSSR count). The molecule has 0 aliphatic heterocycles. The lowest BCUT2D eigenvalue weighted by Gasteiger charge is -2.37. The van der Waals surface area contributed by atoms with Crippen LogP contribution in [0.5, 0.6) is 0 Å². The van der Waals surface area contributed by atoms with Crippen LogP contribution in [0.4, 0.5) is 0 Å². The van der Waals surface area contributed by atoms with Crippen molar-refractivity contribution in [3.63, 3.8) is 0 Å². The van der Waals surface area contributed by atoms with Gasteiger partial charge in [0.2, 0.25) is 0 Å². The summed E-state index contributed by atoms with van der Waals surface area (Å²) < 4.78 is 22.4. The van der Waals surface area contributed by atoms with E-state index in [1.165, 1.54) is 10.8 Å². The van der Waals surface area contributed by atoms with Crippen LogP contribution in [0.3, 0.4) is 0 Å². The topological polar surface area (TPSA) is 38.3 Å². The number of fused-ring (bicyclic) bond motifs is 1. The number of hydrogen-bond donors (Lipinski definition) is 1. The molecule has 2 aromatic carbocycles. The van der Waals surface area contributed by atoms with Crippen LogP contribution in [-0.2, 0) is 15.4 Å². The van der Waals surface area contributed by atoms with Gasteiger partial charge < -0.3 is 4.43 Å². The Morgan fingerprint density at radius 2 is 1.59 bits per heavy atom. The molecule has 3 nitrogen and oxygen atoms in total. The van der Waals surface area contributed by atoms with E-state index in [4.69, 9.17) is 4.43 Å². The van der Waals surface area contributed by atoms with Gasteiger partial charge in [0.1, 0.15) is 0 Å². The molecular formula is C22H35NO2SSi. The molecule has 0 radical (unpaired) electrons. The largest absolute Gasteiger partial charge is 0.415 e. The highest BCUT2D eigenvalue weighted by molar-refractivity contribution is 7.84. The van der Waals surface area contributed by atoms with E-state index in [1.54, 1.807) is 0 Å². The van der Waals surface area contributed by atoms with Crippen LogP contribution in [0.1, 0.15) is 53.1 Å². The van der Waals surface area contributed by atoms with Crippen LogP contribution in [0.15, 0.2) is 42.5 Å². The summed E-state index contributed by atoms with van der Waals surface area (Å²) in [5, 5.41) is 2.51. The maximum absolute atomic E-state index is 12.9. The maximum atomic E-state index is 12.9. The summed E-state index contributed by atoms with van der Waals surface area (Å²) in [6.07, 6.45) is 0. The number of hydrogen-bond acceptors (Lipinski definition) is 2. The molecule has 0 bridgehead atoms. The van der Waals surface area contributed by atoms with E-state index in [0.717, 1.165) is 5.56 Å². The minimum atomic E-state index is -1.90. The zero-order valence-electron chi connectivity index (χ0n) is 18.1. The summed E-state index contributed by atoms with van der Waals surface area (Å²) in [5.41, 5.74) is 1.14. The summed E-state index contributed by atoms with van der Waals surface area (Å²) >= 11 is 0. The summed E-state index contributed by atoms with van der Waals surface area (Å²) in [6, 6.07) is 14.5. The first-order valence-electron chi connectivity index (χ1n) is 9.62. The molecule has 0 aromatic heterocycles. The molecule has 2 atom stereocenters. The highest BCUT2D eigenvalue weighted by Crippen LogP contribution is 2.37. The van der Waals surface area contributed by atoms with Crippen molar-refractivity contribution in [3.05, 3.63) is 48.0 Å². The predicted octanol–water partition coefficient (Wildman–Crippen LogP) is 5.95. The second kappa shape index (κ2) is 8.16. The van der Waals surface area contributed by atoms with Crippen molar-refractivity contribution in [1.29, 1.82) is 0 Å². The lowest BCUT2D eigenvalue weighted by molar-refractivity contribution is 0.258. The van der Waals surface area contributed by atoms with Gasteiger partial charge in [-0.25, -0.2) is 8.93 Å². The Labute approximate surface area is 168 Å². The van der Waals surface area contributed by atoms with Crippen molar-refractivity contribution in [2.75, 3.05) is 6.61 Å². The summed E-state index contributed by atoms with van der Waals surface area (Å²) in [5.74, 6) is 0. The minimum absolute atomic E-state index is 0.120. The average Bonchev–Trinajstić information content (AvgIpc) is 2.56. The molecule has 2 aromatic rings. The Bertz CT molecular complexity index is 801. The first-order chi connectivity index (χ1) is 12.3. The van der Waals surface area contributed by atoms with Crippen LogP contribution >= 0.6 is 0 Å². The van der Waals surface area contributed by atoms with Gasteiger partial charge in [0.15, 0.2) is 8.32 Å². The second-order valence-corrected chi connectivity index (χ2v) is 16.5. The minimum Gasteiger partial charge on any atom is -0.415 e. The smallest absolute Gasteiger partial charge is 0.192 e.